The Morgan fingerprint density at radius 1 is 1.30 bits per heavy atom. The Morgan fingerprint density at radius 2 is 2.15 bits per heavy atom. The lowest BCUT2D eigenvalue weighted by Crippen LogP contribution is -2.10. The van der Waals surface area contributed by atoms with Crippen LogP contribution in [0.25, 0.3) is 10.2 Å². The molecular weight excluding hydrogens is 274 g/mol. The third-order valence-corrected chi connectivity index (χ3v) is 3.72. The van der Waals surface area contributed by atoms with Crippen LogP contribution in [-0.2, 0) is 0 Å². The van der Waals surface area contributed by atoms with Gasteiger partial charge in [-0.15, -0.1) is 11.3 Å². The lowest BCUT2D eigenvalue weighted by Gasteiger charge is -2.08. The highest BCUT2D eigenvalue weighted by Crippen LogP contribution is 2.33. The fourth-order valence-corrected chi connectivity index (χ4v) is 2.71. The van der Waals surface area contributed by atoms with Gasteiger partial charge in [0, 0.05) is 11.1 Å². The van der Waals surface area contributed by atoms with Crippen molar-refractivity contribution in [3.63, 3.8) is 0 Å². The number of ether oxygens (including phenoxy) is 1. The monoisotopic (exact) mass is 287 g/mol. The summed E-state index contributed by atoms with van der Waals surface area (Å²) < 4.78 is 5.88. The lowest BCUT2D eigenvalue weighted by molar-refractivity contribution is 0.462. The molecule has 3 aromatic rings. The minimum Gasteiger partial charge on any atom is -0.436 e. The topological polar surface area (TPSA) is 86.0 Å². The predicted octanol–water partition coefficient (Wildman–Crippen LogP) is 2.78. The molecule has 0 aromatic carbocycles. The quantitative estimate of drug-likeness (QED) is 0.569. The number of nitrogens with one attached hydrogen (secondary N) is 1. The van der Waals surface area contributed by atoms with Crippen LogP contribution in [0.4, 0.5) is 5.95 Å². The van der Waals surface area contributed by atoms with Crippen molar-refractivity contribution in [1.29, 1.82) is 0 Å². The molecule has 6 nitrogen and oxygen atoms in total. The Kier molecular flexibility index (Phi) is 3.21. The molecule has 0 aliphatic carbocycles. The molecule has 0 atom stereocenters. The Balaban J connectivity index is 2.12. The van der Waals surface area contributed by atoms with Crippen molar-refractivity contribution in [2.45, 2.75) is 13.8 Å². The molecule has 0 saturated carbocycles. The summed E-state index contributed by atoms with van der Waals surface area (Å²) in [4.78, 5) is 14.8. The molecule has 0 saturated heterocycles. The first-order chi connectivity index (χ1) is 9.67. The van der Waals surface area contributed by atoms with Crippen LogP contribution in [0, 0.1) is 13.8 Å². The molecule has 0 bridgehead atoms. The van der Waals surface area contributed by atoms with E-state index in [9.17, 15) is 0 Å². The minimum atomic E-state index is 0.330. The summed E-state index contributed by atoms with van der Waals surface area (Å²) >= 11 is 1.57. The molecule has 0 unspecified atom stereocenters. The van der Waals surface area contributed by atoms with E-state index in [0.717, 1.165) is 20.8 Å². The molecule has 102 valence electrons. The van der Waals surface area contributed by atoms with Gasteiger partial charge in [0.05, 0.1) is 11.1 Å². The summed E-state index contributed by atoms with van der Waals surface area (Å²) in [7, 11) is 0. The van der Waals surface area contributed by atoms with E-state index in [1.54, 1.807) is 17.5 Å². The second-order valence-corrected chi connectivity index (χ2v) is 5.50. The average Bonchev–Trinajstić information content (AvgIpc) is 2.81. The second kappa shape index (κ2) is 5.03. The van der Waals surface area contributed by atoms with E-state index in [0.29, 0.717) is 17.6 Å². The molecule has 0 fully saturated rings. The van der Waals surface area contributed by atoms with Crippen LogP contribution in [-0.4, -0.2) is 15.0 Å². The van der Waals surface area contributed by atoms with Crippen molar-refractivity contribution < 1.29 is 4.74 Å². The van der Waals surface area contributed by atoms with Gasteiger partial charge in [0.15, 0.2) is 5.75 Å². The molecule has 3 rings (SSSR count). The zero-order valence-corrected chi connectivity index (χ0v) is 11.9. The maximum atomic E-state index is 5.88. The third-order valence-electron chi connectivity index (χ3n) is 2.78. The SMILES string of the molecule is Cc1cc2c(Oc3cccnc3C)nc(NN)nc2s1. The third kappa shape index (κ3) is 2.28. The van der Waals surface area contributed by atoms with Crippen LogP contribution < -0.4 is 16.0 Å². The van der Waals surface area contributed by atoms with Gasteiger partial charge in [-0.3, -0.25) is 10.4 Å². The standard InChI is InChI=1S/C13H13N5OS/c1-7-6-9-11(16-13(18-14)17-12(9)20-7)19-10-4-3-5-15-8(10)2/h3-6H,14H2,1-2H3,(H,16,17,18). The maximum Gasteiger partial charge on any atom is 0.241 e. The molecule has 0 aliphatic rings. The van der Waals surface area contributed by atoms with Gasteiger partial charge in [0.2, 0.25) is 11.8 Å². The smallest absolute Gasteiger partial charge is 0.241 e. The van der Waals surface area contributed by atoms with E-state index >= 15 is 0 Å². The van der Waals surface area contributed by atoms with E-state index in [2.05, 4.69) is 20.4 Å². The first kappa shape index (κ1) is 12.8. The van der Waals surface area contributed by atoms with E-state index in [1.165, 1.54) is 0 Å². The van der Waals surface area contributed by atoms with Crippen LogP contribution in [0.5, 0.6) is 11.6 Å². The van der Waals surface area contributed by atoms with Crippen molar-refractivity contribution in [2.75, 3.05) is 5.43 Å². The minimum absolute atomic E-state index is 0.330. The first-order valence-corrected chi connectivity index (χ1v) is 6.83. The number of pyridine rings is 1. The fraction of sp³-hybridized carbons (Fsp3) is 0.154. The maximum absolute atomic E-state index is 5.88. The number of aryl methyl sites for hydroxylation is 2. The van der Waals surface area contributed by atoms with Gasteiger partial charge in [-0.05, 0) is 32.0 Å². The second-order valence-electron chi connectivity index (χ2n) is 4.26. The predicted molar refractivity (Wildman–Crippen MR) is 79.0 cm³/mol. The molecule has 20 heavy (non-hydrogen) atoms. The van der Waals surface area contributed by atoms with E-state index in [-0.39, 0.29) is 0 Å². The summed E-state index contributed by atoms with van der Waals surface area (Å²) in [6, 6.07) is 5.67. The number of nitrogens with two attached hydrogens (primary N) is 1. The molecule has 7 heteroatoms. The highest BCUT2D eigenvalue weighted by molar-refractivity contribution is 7.18. The largest absolute Gasteiger partial charge is 0.436 e. The van der Waals surface area contributed by atoms with Gasteiger partial charge < -0.3 is 4.74 Å². The van der Waals surface area contributed by atoms with Gasteiger partial charge in [0.25, 0.3) is 0 Å². The summed E-state index contributed by atoms with van der Waals surface area (Å²) in [6.45, 7) is 3.90. The summed E-state index contributed by atoms with van der Waals surface area (Å²) in [5.74, 6) is 6.87. The number of anilines is 1. The van der Waals surface area contributed by atoms with Crippen LogP contribution >= 0.6 is 11.3 Å². The molecule has 0 aliphatic heterocycles. The van der Waals surface area contributed by atoms with Crippen LogP contribution in [0.1, 0.15) is 10.6 Å². The Hall–Kier alpha value is -2.25. The normalized spacial score (nSPS) is 10.8. The fourth-order valence-electron chi connectivity index (χ4n) is 1.84. The van der Waals surface area contributed by atoms with Gasteiger partial charge in [-0.25, -0.2) is 10.8 Å². The van der Waals surface area contributed by atoms with Crippen LogP contribution in [0.3, 0.4) is 0 Å². The number of nitrogens with zero attached hydrogens (tertiary/aromatic N) is 3. The number of aromatic nitrogens is 3. The van der Waals surface area contributed by atoms with Crippen LogP contribution in [0.15, 0.2) is 24.4 Å². The average molecular weight is 287 g/mol. The highest BCUT2D eigenvalue weighted by atomic mass is 32.1. The van der Waals surface area contributed by atoms with Crippen molar-refractivity contribution in [1.82, 2.24) is 15.0 Å². The van der Waals surface area contributed by atoms with Crippen molar-refractivity contribution in [3.05, 3.63) is 35.0 Å². The van der Waals surface area contributed by atoms with E-state index in [4.69, 9.17) is 10.6 Å². The van der Waals surface area contributed by atoms with Crippen molar-refractivity contribution in [3.8, 4) is 11.6 Å². The Morgan fingerprint density at radius 3 is 2.90 bits per heavy atom. The molecular formula is C13H13N5OS. The molecule has 3 N–H and O–H groups in total. The molecule has 3 heterocycles. The Bertz CT molecular complexity index is 771. The van der Waals surface area contributed by atoms with E-state index in [1.807, 2.05) is 32.0 Å². The van der Waals surface area contributed by atoms with Crippen LogP contribution in [0.2, 0.25) is 0 Å². The van der Waals surface area contributed by atoms with E-state index < -0.39 is 0 Å². The summed E-state index contributed by atoms with van der Waals surface area (Å²) in [6.07, 6.45) is 1.72. The number of hydrazine groups is 1. The van der Waals surface area contributed by atoms with Crippen molar-refractivity contribution >= 4 is 27.5 Å². The molecule has 0 spiro atoms. The first-order valence-electron chi connectivity index (χ1n) is 6.01. The number of hydrogen-bond donors (Lipinski definition) is 2. The van der Waals surface area contributed by atoms with Gasteiger partial charge >= 0.3 is 0 Å². The lowest BCUT2D eigenvalue weighted by atomic mass is 10.3. The molecule has 0 amide bonds. The molecule has 0 radical (unpaired) electrons. The molecule has 3 aromatic heterocycles. The number of nitrogen functional groups attached to an aromatic ring is 1. The van der Waals surface area contributed by atoms with Crippen molar-refractivity contribution in [2.24, 2.45) is 5.84 Å². The number of rotatable bonds is 3. The highest BCUT2D eigenvalue weighted by Gasteiger charge is 2.13. The van der Waals surface area contributed by atoms with Gasteiger partial charge in [-0.2, -0.15) is 4.98 Å². The zero-order chi connectivity index (χ0) is 14.1. The van der Waals surface area contributed by atoms with Gasteiger partial charge in [0.1, 0.15) is 4.83 Å². The number of hydrogen-bond acceptors (Lipinski definition) is 7. The summed E-state index contributed by atoms with van der Waals surface area (Å²) in [5, 5.41) is 0.870. The number of thiophene rings is 1. The van der Waals surface area contributed by atoms with Gasteiger partial charge in [-0.1, -0.05) is 0 Å². The number of fused-ring (bicyclic) bond motifs is 1. The Labute approximate surface area is 119 Å². The zero-order valence-electron chi connectivity index (χ0n) is 11.0. The summed E-state index contributed by atoms with van der Waals surface area (Å²) in [5.41, 5.74) is 3.26.